The van der Waals surface area contributed by atoms with Crippen molar-refractivity contribution < 1.29 is 9.90 Å². The number of carboxylic acids is 1. The van der Waals surface area contributed by atoms with Crippen LogP contribution in [0.4, 0.5) is 5.69 Å². The van der Waals surface area contributed by atoms with Gasteiger partial charge in [0.1, 0.15) is 0 Å². The summed E-state index contributed by atoms with van der Waals surface area (Å²) in [7, 11) is 0. The summed E-state index contributed by atoms with van der Waals surface area (Å²) < 4.78 is 0. The maximum Gasteiger partial charge on any atom is 0.303 e. The Labute approximate surface area is 106 Å². The van der Waals surface area contributed by atoms with Gasteiger partial charge in [0.2, 0.25) is 0 Å². The number of hydrogen-bond donors (Lipinski definition) is 2. The quantitative estimate of drug-likeness (QED) is 0.810. The fourth-order valence-electron chi connectivity index (χ4n) is 2.38. The highest BCUT2D eigenvalue weighted by atomic mass is 35.5. The molecule has 0 saturated heterocycles. The van der Waals surface area contributed by atoms with Gasteiger partial charge in [-0.1, -0.05) is 24.1 Å². The lowest BCUT2D eigenvalue weighted by molar-refractivity contribution is -0.138. The van der Waals surface area contributed by atoms with Crippen molar-refractivity contribution in [2.24, 2.45) is 5.92 Å². The molecule has 0 heterocycles. The summed E-state index contributed by atoms with van der Waals surface area (Å²) in [6.07, 6.45) is 3.59. The fourth-order valence-corrected chi connectivity index (χ4v) is 2.50. The molecular formula is C13H16ClNO2. The molecule has 1 fully saturated rings. The van der Waals surface area contributed by atoms with E-state index in [0.29, 0.717) is 16.6 Å². The normalized spacial score (nSPS) is 17.5. The van der Waals surface area contributed by atoms with Crippen molar-refractivity contribution in [2.75, 3.05) is 5.73 Å². The van der Waals surface area contributed by atoms with Crippen molar-refractivity contribution in [3.05, 3.63) is 28.8 Å². The fraction of sp³-hybridized carbons (Fsp3) is 0.462. The summed E-state index contributed by atoms with van der Waals surface area (Å²) in [5.41, 5.74) is 7.30. The molecule has 1 atom stereocenters. The Morgan fingerprint density at radius 2 is 2.24 bits per heavy atom. The largest absolute Gasteiger partial charge is 0.481 e. The zero-order valence-electron chi connectivity index (χ0n) is 9.53. The van der Waals surface area contributed by atoms with Crippen LogP contribution in [0.3, 0.4) is 0 Å². The molecule has 0 bridgehead atoms. The molecule has 0 aromatic heterocycles. The lowest BCUT2D eigenvalue weighted by Crippen LogP contribution is -2.22. The number of nitrogen functional groups attached to an aromatic ring is 1. The Balaban J connectivity index is 2.24. The number of aliphatic carboxylic acids is 1. The standard InChI is InChI=1S/C13H16ClNO2/c14-11-5-4-9(6-12(11)15)10(7-13(16)17)8-2-1-3-8/h4-6,8,10H,1-3,7,15H2,(H,16,17). The van der Waals surface area contributed by atoms with Crippen molar-refractivity contribution in [3.63, 3.8) is 0 Å². The maximum atomic E-state index is 10.9. The van der Waals surface area contributed by atoms with Gasteiger partial charge in [-0.15, -0.1) is 0 Å². The Hall–Kier alpha value is -1.22. The summed E-state index contributed by atoms with van der Waals surface area (Å²) in [4.78, 5) is 10.9. The molecule has 1 aromatic carbocycles. The molecular weight excluding hydrogens is 238 g/mol. The Morgan fingerprint density at radius 1 is 1.53 bits per heavy atom. The van der Waals surface area contributed by atoms with Gasteiger partial charge < -0.3 is 10.8 Å². The van der Waals surface area contributed by atoms with Gasteiger partial charge in [0.15, 0.2) is 0 Å². The first-order valence-electron chi connectivity index (χ1n) is 5.84. The number of carboxylic acid groups (broad SMARTS) is 1. The number of rotatable bonds is 4. The van der Waals surface area contributed by atoms with E-state index in [0.717, 1.165) is 18.4 Å². The van der Waals surface area contributed by atoms with E-state index in [-0.39, 0.29) is 12.3 Å². The molecule has 4 heteroatoms. The molecule has 92 valence electrons. The second-order valence-corrected chi connectivity index (χ2v) is 5.08. The first kappa shape index (κ1) is 12.2. The van der Waals surface area contributed by atoms with E-state index in [1.165, 1.54) is 6.42 Å². The molecule has 0 aliphatic heterocycles. The molecule has 17 heavy (non-hydrogen) atoms. The van der Waals surface area contributed by atoms with Crippen LogP contribution in [0.25, 0.3) is 0 Å². The predicted molar refractivity (Wildman–Crippen MR) is 68.2 cm³/mol. The van der Waals surface area contributed by atoms with Gasteiger partial charge in [0.25, 0.3) is 0 Å². The van der Waals surface area contributed by atoms with Crippen LogP contribution < -0.4 is 5.73 Å². The Morgan fingerprint density at radius 3 is 2.71 bits per heavy atom. The van der Waals surface area contributed by atoms with Gasteiger partial charge in [-0.3, -0.25) is 4.79 Å². The lowest BCUT2D eigenvalue weighted by Gasteiger charge is -2.33. The third-order valence-electron chi connectivity index (χ3n) is 3.56. The second kappa shape index (κ2) is 4.96. The molecule has 1 unspecified atom stereocenters. The van der Waals surface area contributed by atoms with Gasteiger partial charge in [0, 0.05) is 0 Å². The van der Waals surface area contributed by atoms with Crippen molar-refractivity contribution in [3.8, 4) is 0 Å². The van der Waals surface area contributed by atoms with Crippen molar-refractivity contribution in [1.82, 2.24) is 0 Å². The van der Waals surface area contributed by atoms with Crippen LogP contribution >= 0.6 is 11.6 Å². The summed E-state index contributed by atoms with van der Waals surface area (Å²) >= 11 is 5.88. The third kappa shape index (κ3) is 2.72. The minimum absolute atomic E-state index is 0.0702. The monoisotopic (exact) mass is 253 g/mol. The van der Waals surface area contributed by atoms with E-state index in [4.69, 9.17) is 22.4 Å². The summed E-state index contributed by atoms with van der Waals surface area (Å²) in [5.74, 6) is -0.206. The molecule has 1 saturated carbocycles. The highest BCUT2D eigenvalue weighted by Gasteiger charge is 2.30. The van der Waals surface area contributed by atoms with Crippen LogP contribution in [0.1, 0.15) is 37.2 Å². The van der Waals surface area contributed by atoms with E-state index in [1.807, 2.05) is 12.1 Å². The van der Waals surface area contributed by atoms with E-state index < -0.39 is 5.97 Å². The average molecular weight is 254 g/mol. The molecule has 3 nitrogen and oxygen atoms in total. The molecule has 3 N–H and O–H groups in total. The molecule has 1 aromatic rings. The van der Waals surface area contributed by atoms with Crippen LogP contribution in [0.15, 0.2) is 18.2 Å². The molecule has 0 spiro atoms. The number of benzene rings is 1. The maximum absolute atomic E-state index is 10.9. The van der Waals surface area contributed by atoms with E-state index in [2.05, 4.69) is 0 Å². The summed E-state index contributed by atoms with van der Waals surface area (Å²) in [6, 6.07) is 5.46. The van der Waals surface area contributed by atoms with Crippen molar-refractivity contribution in [2.45, 2.75) is 31.6 Å². The average Bonchev–Trinajstić information content (AvgIpc) is 2.18. The van der Waals surface area contributed by atoms with E-state index >= 15 is 0 Å². The number of nitrogens with two attached hydrogens (primary N) is 1. The SMILES string of the molecule is Nc1cc(C(CC(=O)O)C2CCC2)ccc1Cl. The second-order valence-electron chi connectivity index (χ2n) is 4.68. The summed E-state index contributed by atoms with van der Waals surface area (Å²) in [5, 5.41) is 9.50. The van der Waals surface area contributed by atoms with Crippen molar-refractivity contribution in [1.29, 1.82) is 0 Å². The number of halogens is 1. The van der Waals surface area contributed by atoms with Crippen LogP contribution in [-0.2, 0) is 4.79 Å². The molecule has 0 amide bonds. The number of carbonyl (C=O) groups is 1. The van der Waals surface area contributed by atoms with Crippen LogP contribution in [0.5, 0.6) is 0 Å². The molecule has 0 radical (unpaired) electrons. The minimum Gasteiger partial charge on any atom is -0.481 e. The van der Waals surface area contributed by atoms with Gasteiger partial charge in [0.05, 0.1) is 17.1 Å². The van der Waals surface area contributed by atoms with E-state index in [9.17, 15) is 4.79 Å². The smallest absolute Gasteiger partial charge is 0.303 e. The van der Waals surface area contributed by atoms with Gasteiger partial charge in [-0.2, -0.15) is 0 Å². The lowest BCUT2D eigenvalue weighted by atomic mass is 9.71. The highest BCUT2D eigenvalue weighted by Crippen LogP contribution is 2.42. The predicted octanol–water partition coefficient (Wildman–Crippen LogP) is 3.28. The minimum atomic E-state index is -0.754. The number of anilines is 1. The van der Waals surface area contributed by atoms with Gasteiger partial charge in [-0.25, -0.2) is 0 Å². The molecule has 1 aliphatic rings. The zero-order chi connectivity index (χ0) is 12.4. The number of hydrogen-bond acceptors (Lipinski definition) is 2. The first-order valence-corrected chi connectivity index (χ1v) is 6.22. The molecule has 1 aliphatic carbocycles. The van der Waals surface area contributed by atoms with Gasteiger partial charge >= 0.3 is 5.97 Å². The van der Waals surface area contributed by atoms with E-state index in [1.54, 1.807) is 6.07 Å². The van der Waals surface area contributed by atoms with Crippen molar-refractivity contribution >= 4 is 23.3 Å². The third-order valence-corrected chi connectivity index (χ3v) is 3.91. The van der Waals surface area contributed by atoms with Gasteiger partial charge in [-0.05, 0) is 42.4 Å². The summed E-state index contributed by atoms with van der Waals surface area (Å²) in [6.45, 7) is 0. The molecule has 2 rings (SSSR count). The highest BCUT2D eigenvalue weighted by molar-refractivity contribution is 6.33. The Kier molecular flexibility index (Phi) is 3.57. The first-order chi connectivity index (χ1) is 8.08. The zero-order valence-corrected chi connectivity index (χ0v) is 10.3. The Bertz CT molecular complexity index is 429. The topological polar surface area (TPSA) is 63.3 Å². The van der Waals surface area contributed by atoms with Crippen LogP contribution in [0.2, 0.25) is 5.02 Å². The van der Waals surface area contributed by atoms with Crippen LogP contribution in [-0.4, -0.2) is 11.1 Å². The van der Waals surface area contributed by atoms with Crippen LogP contribution in [0, 0.1) is 5.92 Å².